The van der Waals surface area contributed by atoms with Crippen LogP contribution in [0.15, 0.2) is 16.5 Å². The molecule has 0 saturated carbocycles. The molecule has 1 aromatic heterocycles. The molecule has 1 amide bonds. The van der Waals surface area contributed by atoms with Gasteiger partial charge in [0.25, 0.3) is 5.91 Å². The van der Waals surface area contributed by atoms with Crippen LogP contribution in [0.4, 0.5) is 0 Å². The van der Waals surface area contributed by atoms with E-state index in [1.165, 1.54) is 0 Å². The van der Waals surface area contributed by atoms with Gasteiger partial charge in [0.05, 0.1) is 11.5 Å². The lowest BCUT2D eigenvalue weighted by atomic mass is 10.3. The number of hydrogen-bond acceptors (Lipinski definition) is 3. The average Bonchev–Trinajstić information content (AvgIpc) is 2.82. The second kappa shape index (κ2) is 8.23. The van der Waals surface area contributed by atoms with E-state index in [9.17, 15) is 4.79 Å². The minimum absolute atomic E-state index is 0.201. The molecular weight excluding hydrogens is 266 g/mol. The second-order valence-electron chi connectivity index (χ2n) is 4.70. The largest absolute Gasteiger partial charge is 0.454 e. The van der Waals surface area contributed by atoms with E-state index < -0.39 is 0 Å². The van der Waals surface area contributed by atoms with Gasteiger partial charge in [-0.05, 0) is 45.7 Å². The van der Waals surface area contributed by atoms with E-state index in [2.05, 4.69) is 5.32 Å². The predicted molar refractivity (Wildman–Crippen MR) is 75.6 cm³/mol. The lowest BCUT2D eigenvalue weighted by molar-refractivity contribution is 0.0753. The van der Waals surface area contributed by atoms with Crippen molar-refractivity contribution in [2.45, 2.75) is 45.1 Å². The number of ether oxygens (including phenoxy) is 1. The molecular formula is C14H22ClNO3. The highest BCUT2D eigenvalue weighted by molar-refractivity contribution is 6.20. The van der Waals surface area contributed by atoms with Gasteiger partial charge in [0.2, 0.25) is 0 Å². The van der Waals surface area contributed by atoms with Crippen LogP contribution >= 0.6 is 11.6 Å². The number of alkyl halides is 1. The lowest BCUT2D eigenvalue weighted by Crippen LogP contribution is -2.24. The third-order valence-corrected chi connectivity index (χ3v) is 2.77. The first-order valence-corrected chi connectivity index (χ1v) is 7.08. The van der Waals surface area contributed by atoms with Gasteiger partial charge in [-0.25, -0.2) is 0 Å². The minimum Gasteiger partial charge on any atom is -0.454 e. The monoisotopic (exact) mass is 287 g/mol. The van der Waals surface area contributed by atoms with Crippen LogP contribution in [-0.4, -0.2) is 25.2 Å². The van der Waals surface area contributed by atoms with E-state index in [4.69, 9.17) is 20.8 Å². The molecule has 0 fully saturated rings. The number of carbonyl (C=O) groups excluding carboxylic acids is 1. The fraction of sp³-hybridized carbons (Fsp3) is 0.643. The Morgan fingerprint density at radius 3 is 2.68 bits per heavy atom. The smallest absolute Gasteiger partial charge is 0.286 e. The van der Waals surface area contributed by atoms with Crippen LogP contribution in [0.25, 0.3) is 0 Å². The molecule has 1 unspecified atom stereocenters. The van der Waals surface area contributed by atoms with Gasteiger partial charge in [0.15, 0.2) is 5.76 Å². The number of amides is 1. The number of carbonyl (C=O) groups is 1. The maximum Gasteiger partial charge on any atom is 0.286 e. The first-order chi connectivity index (χ1) is 9.00. The summed E-state index contributed by atoms with van der Waals surface area (Å²) in [6, 6.07) is 3.37. The Labute approximate surface area is 119 Å². The maximum absolute atomic E-state index is 11.7. The quantitative estimate of drug-likeness (QED) is 0.588. The zero-order valence-electron chi connectivity index (χ0n) is 11.7. The fourth-order valence-corrected chi connectivity index (χ4v) is 1.64. The fourth-order valence-electron chi connectivity index (χ4n) is 1.52. The molecule has 1 aromatic rings. The van der Waals surface area contributed by atoms with Gasteiger partial charge in [-0.1, -0.05) is 0 Å². The average molecular weight is 288 g/mol. The molecule has 108 valence electrons. The zero-order chi connectivity index (χ0) is 14.3. The molecule has 0 radical (unpaired) electrons. The summed E-state index contributed by atoms with van der Waals surface area (Å²) in [6.45, 7) is 7.16. The van der Waals surface area contributed by atoms with Crippen LogP contribution < -0.4 is 5.32 Å². The van der Waals surface area contributed by atoms with Crippen LogP contribution in [0, 0.1) is 0 Å². The maximum atomic E-state index is 11.7. The summed E-state index contributed by atoms with van der Waals surface area (Å²) in [6.07, 6.45) is 2.08. The van der Waals surface area contributed by atoms with Gasteiger partial charge >= 0.3 is 0 Å². The van der Waals surface area contributed by atoms with E-state index in [0.29, 0.717) is 18.1 Å². The Morgan fingerprint density at radius 2 is 2.11 bits per heavy atom. The van der Waals surface area contributed by atoms with Gasteiger partial charge in [0.1, 0.15) is 5.76 Å². The molecule has 0 spiro atoms. The molecule has 4 nitrogen and oxygen atoms in total. The molecule has 0 aromatic carbocycles. The first kappa shape index (κ1) is 16.1. The molecule has 0 saturated heterocycles. The number of hydrogen-bond donors (Lipinski definition) is 1. The lowest BCUT2D eigenvalue weighted by Gasteiger charge is -2.07. The Balaban J connectivity index is 2.20. The van der Waals surface area contributed by atoms with Crippen molar-refractivity contribution in [3.63, 3.8) is 0 Å². The van der Waals surface area contributed by atoms with Crippen molar-refractivity contribution in [2.75, 3.05) is 13.2 Å². The van der Waals surface area contributed by atoms with Crippen molar-refractivity contribution in [2.24, 2.45) is 0 Å². The molecule has 0 aliphatic rings. The van der Waals surface area contributed by atoms with Crippen LogP contribution in [0.2, 0.25) is 0 Å². The summed E-state index contributed by atoms with van der Waals surface area (Å²) in [5, 5.41) is 2.58. The topological polar surface area (TPSA) is 51.5 Å². The first-order valence-electron chi connectivity index (χ1n) is 6.64. The minimum atomic E-state index is -0.227. The number of nitrogens with one attached hydrogen (secondary N) is 1. The van der Waals surface area contributed by atoms with E-state index in [1.54, 1.807) is 19.1 Å². The standard InChI is InChI=1S/C14H22ClNO3/c1-10(2)18-9-5-4-8-16-14(17)13-7-6-12(19-13)11(3)15/h6-7,10-11H,4-5,8-9H2,1-3H3,(H,16,17). The Bertz CT molecular complexity index is 388. The van der Waals surface area contributed by atoms with Gasteiger partial charge in [-0.2, -0.15) is 0 Å². The summed E-state index contributed by atoms with van der Waals surface area (Å²) in [5.74, 6) is 0.714. The number of furan rings is 1. The number of halogens is 1. The van der Waals surface area contributed by atoms with E-state index in [1.807, 2.05) is 13.8 Å². The number of unbranched alkanes of at least 4 members (excludes halogenated alkanes) is 1. The van der Waals surface area contributed by atoms with Crippen molar-refractivity contribution >= 4 is 17.5 Å². The molecule has 1 N–H and O–H groups in total. The summed E-state index contributed by atoms with van der Waals surface area (Å²) in [4.78, 5) is 11.7. The molecule has 1 atom stereocenters. The van der Waals surface area contributed by atoms with E-state index in [-0.39, 0.29) is 17.4 Å². The SMILES string of the molecule is CC(C)OCCCCNC(=O)c1ccc(C(C)Cl)o1. The molecule has 0 aliphatic carbocycles. The van der Waals surface area contributed by atoms with Gasteiger partial charge in [0, 0.05) is 13.2 Å². The normalized spacial score (nSPS) is 12.7. The van der Waals surface area contributed by atoms with E-state index >= 15 is 0 Å². The van der Waals surface area contributed by atoms with Crippen molar-refractivity contribution < 1.29 is 13.9 Å². The molecule has 1 heterocycles. The number of rotatable bonds is 8. The molecule has 19 heavy (non-hydrogen) atoms. The molecule has 1 rings (SSSR count). The third-order valence-electron chi connectivity index (χ3n) is 2.55. The van der Waals surface area contributed by atoms with Gasteiger partial charge in [-0.3, -0.25) is 4.79 Å². The van der Waals surface area contributed by atoms with Crippen LogP contribution in [-0.2, 0) is 4.74 Å². The van der Waals surface area contributed by atoms with Gasteiger partial charge in [-0.15, -0.1) is 11.6 Å². The summed E-state index contributed by atoms with van der Waals surface area (Å²) < 4.78 is 10.8. The summed E-state index contributed by atoms with van der Waals surface area (Å²) >= 11 is 5.87. The van der Waals surface area contributed by atoms with Crippen LogP contribution in [0.5, 0.6) is 0 Å². The Hall–Kier alpha value is -1.00. The zero-order valence-corrected chi connectivity index (χ0v) is 12.5. The Kier molecular flexibility index (Phi) is 6.95. The van der Waals surface area contributed by atoms with Crippen molar-refractivity contribution in [1.29, 1.82) is 0 Å². The predicted octanol–water partition coefficient (Wildman–Crippen LogP) is 3.51. The molecule has 0 aliphatic heterocycles. The van der Waals surface area contributed by atoms with E-state index in [0.717, 1.165) is 19.4 Å². The molecule has 5 heteroatoms. The van der Waals surface area contributed by atoms with Crippen molar-refractivity contribution in [3.8, 4) is 0 Å². The highest BCUT2D eigenvalue weighted by Crippen LogP contribution is 2.21. The highest BCUT2D eigenvalue weighted by Gasteiger charge is 2.12. The summed E-state index contributed by atoms with van der Waals surface area (Å²) in [7, 11) is 0. The Morgan fingerprint density at radius 1 is 1.37 bits per heavy atom. The highest BCUT2D eigenvalue weighted by atomic mass is 35.5. The summed E-state index contributed by atoms with van der Waals surface area (Å²) in [5.41, 5.74) is 0. The van der Waals surface area contributed by atoms with Crippen LogP contribution in [0.1, 0.15) is 55.3 Å². The van der Waals surface area contributed by atoms with Gasteiger partial charge < -0.3 is 14.5 Å². The third kappa shape index (κ3) is 6.12. The van der Waals surface area contributed by atoms with Crippen molar-refractivity contribution in [3.05, 3.63) is 23.7 Å². The van der Waals surface area contributed by atoms with Crippen molar-refractivity contribution in [1.82, 2.24) is 5.32 Å². The molecule has 0 bridgehead atoms. The second-order valence-corrected chi connectivity index (χ2v) is 5.36. The van der Waals surface area contributed by atoms with Crippen LogP contribution in [0.3, 0.4) is 0 Å².